The van der Waals surface area contributed by atoms with Crippen molar-refractivity contribution >= 4 is 0 Å². The number of nitrogens with zero attached hydrogens (tertiary/aromatic N) is 1. The van der Waals surface area contributed by atoms with E-state index in [1.807, 2.05) is 0 Å². The summed E-state index contributed by atoms with van der Waals surface area (Å²) in [7, 11) is 2.13. The summed E-state index contributed by atoms with van der Waals surface area (Å²) in [6.07, 6.45) is 2.19. The van der Waals surface area contributed by atoms with E-state index in [1.165, 1.54) is 6.04 Å². The summed E-state index contributed by atoms with van der Waals surface area (Å²) in [4.78, 5) is 2.30. The third-order valence-electron chi connectivity index (χ3n) is 1.63. The van der Waals surface area contributed by atoms with Gasteiger partial charge in [-0.15, -0.1) is 0 Å². The summed E-state index contributed by atoms with van der Waals surface area (Å²) in [5.41, 5.74) is 5.59. The zero-order valence-electron chi connectivity index (χ0n) is 6.35. The number of rotatable bonds is 0. The summed E-state index contributed by atoms with van der Waals surface area (Å²) < 4.78 is 0. The molecule has 1 aliphatic rings. The van der Waals surface area contributed by atoms with Crippen LogP contribution in [0.15, 0.2) is 0 Å². The molecule has 0 aromatic heterocycles. The molecule has 0 spiro atoms. The molecule has 0 amide bonds. The van der Waals surface area contributed by atoms with Crippen LogP contribution >= 0.6 is 0 Å². The van der Waals surface area contributed by atoms with Crippen molar-refractivity contribution in [2.45, 2.75) is 12.8 Å². The molecule has 0 saturated carbocycles. The molecule has 0 unspecified atom stereocenters. The Morgan fingerprint density at radius 3 is 2.11 bits per heavy atom. The van der Waals surface area contributed by atoms with E-state index in [1.54, 1.807) is 0 Å². The Bertz CT molecular complexity index is 59.5. The van der Waals surface area contributed by atoms with Gasteiger partial charge < -0.3 is 10.6 Å². The Morgan fingerprint density at radius 1 is 1.33 bits per heavy atom. The van der Waals surface area contributed by atoms with Crippen LogP contribution in [0.2, 0.25) is 0 Å². The second kappa shape index (κ2) is 5.39. The van der Waals surface area contributed by atoms with Crippen LogP contribution in [-0.2, 0) is 0 Å². The fourth-order valence-corrected chi connectivity index (χ4v) is 0.906. The van der Waals surface area contributed by atoms with Crippen LogP contribution in [0.25, 0.3) is 0 Å². The predicted octanol–water partition coefficient (Wildman–Crippen LogP) is -2.79. The van der Waals surface area contributed by atoms with Crippen LogP contribution in [0, 0.1) is 6.04 Å². The Morgan fingerprint density at radius 2 is 1.78 bits per heavy atom. The topological polar surface area (TPSA) is 29.3 Å². The minimum atomic E-state index is 0. The molecule has 9 heavy (non-hydrogen) atoms. The van der Waals surface area contributed by atoms with E-state index in [-0.39, 0.29) is 58.2 Å². The number of likely N-dealkylation sites (tertiary alicyclic amines) is 1. The van der Waals surface area contributed by atoms with E-state index in [2.05, 4.69) is 11.9 Å². The van der Waals surface area contributed by atoms with Crippen LogP contribution in [0.1, 0.15) is 12.8 Å². The zero-order chi connectivity index (χ0) is 5.98. The first-order valence-electron chi connectivity index (χ1n) is 3.08. The van der Waals surface area contributed by atoms with Crippen LogP contribution in [-0.4, -0.2) is 25.0 Å². The van der Waals surface area contributed by atoms with E-state index in [9.17, 15) is 0 Å². The van der Waals surface area contributed by atoms with E-state index < -0.39 is 0 Å². The molecule has 1 saturated heterocycles. The molecule has 0 aromatic carbocycles. The minimum absolute atomic E-state index is 0. The summed E-state index contributed by atoms with van der Waals surface area (Å²) in [5, 5.41) is 0. The van der Waals surface area contributed by atoms with Crippen molar-refractivity contribution in [1.82, 2.24) is 4.90 Å². The fourth-order valence-electron chi connectivity index (χ4n) is 0.906. The third kappa shape index (κ3) is 4.22. The quantitative estimate of drug-likeness (QED) is 0.427. The third-order valence-corrected chi connectivity index (χ3v) is 1.63. The maximum Gasteiger partial charge on any atom is 1.00 e. The fraction of sp³-hybridized carbons (Fsp3) is 0.833. The van der Waals surface area contributed by atoms with Gasteiger partial charge >= 0.3 is 58.2 Å². The van der Waals surface area contributed by atoms with Crippen LogP contribution < -0.4 is 63.9 Å². The maximum absolute atomic E-state index is 5.59. The van der Waals surface area contributed by atoms with Crippen molar-refractivity contribution in [1.29, 1.82) is 0 Å². The first kappa shape index (κ1) is 10.7. The van der Waals surface area contributed by atoms with Crippen molar-refractivity contribution in [2.24, 2.45) is 5.73 Å². The molecule has 0 aromatic rings. The number of hydrogen-bond acceptors (Lipinski definition) is 2. The van der Waals surface area contributed by atoms with Gasteiger partial charge in [0.1, 0.15) is 0 Å². The van der Waals surface area contributed by atoms with Gasteiger partial charge in [-0.05, 0) is 20.1 Å². The average molecular weight is 199 g/mol. The molecule has 2 N–H and O–H groups in total. The molecule has 0 atom stereocenters. The van der Waals surface area contributed by atoms with Gasteiger partial charge in [-0.2, -0.15) is 12.8 Å². The molecule has 1 heterocycles. The normalized spacial score (nSPS) is 23.3. The smallest absolute Gasteiger partial charge is 0.480 e. The van der Waals surface area contributed by atoms with Gasteiger partial charge in [0.25, 0.3) is 0 Å². The van der Waals surface area contributed by atoms with Crippen molar-refractivity contribution in [3.05, 3.63) is 6.04 Å². The van der Waals surface area contributed by atoms with Crippen molar-refractivity contribution in [3.63, 3.8) is 0 Å². The number of piperidine rings is 1. The monoisotopic (exact) mass is 198 g/mol. The second-order valence-electron chi connectivity index (χ2n) is 2.46. The molecule has 1 rings (SSSR count). The molecular formula is C6H13N2Rb. The Balaban J connectivity index is 0.000000640. The first-order valence-corrected chi connectivity index (χ1v) is 3.08. The molecule has 0 bridgehead atoms. The van der Waals surface area contributed by atoms with Crippen molar-refractivity contribution in [2.75, 3.05) is 20.1 Å². The van der Waals surface area contributed by atoms with E-state index >= 15 is 0 Å². The molecule has 2 nitrogen and oxygen atoms in total. The van der Waals surface area contributed by atoms with E-state index in [0.717, 1.165) is 25.9 Å². The number of nitrogens with two attached hydrogens (primary N) is 1. The summed E-state index contributed by atoms with van der Waals surface area (Å²) in [6, 6.07) is 1.17. The SMILES string of the molecule is CN1CC[C-](N)CC1.[Rb+]. The zero-order valence-corrected chi connectivity index (χ0v) is 11.3. The molecule has 0 aliphatic carbocycles. The van der Waals surface area contributed by atoms with Gasteiger partial charge in [0.05, 0.1) is 0 Å². The molecular weight excluding hydrogens is 186 g/mol. The van der Waals surface area contributed by atoms with Gasteiger partial charge in [-0.25, -0.2) is 0 Å². The van der Waals surface area contributed by atoms with Gasteiger partial charge in [0, 0.05) is 0 Å². The van der Waals surface area contributed by atoms with E-state index in [0.29, 0.717) is 0 Å². The van der Waals surface area contributed by atoms with Crippen LogP contribution in [0.3, 0.4) is 0 Å². The van der Waals surface area contributed by atoms with Gasteiger partial charge in [-0.3, -0.25) is 6.04 Å². The van der Waals surface area contributed by atoms with Crippen molar-refractivity contribution in [3.8, 4) is 0 Å². The molecule has 1 aliphatic heterocycles. The summed E-state index contributed by atoms with van der Waals surface area (Å²) in [5.74, 6) is 0. The predicted molar refractivity (Wildman–Crippen MR) is 34.2 cm³/mol. The standard InChI is InChI=1S/C6H13N2.Rb/c1-8-4-2-6(7)3-5-8;/h2-5,7H2,1H3;/q-1;+1. The molecule has 1 fully saturated rings. The second-order valence-corrected chi connectivity index (χ2v) is 2.46. The van der Waals surface area contributed by atoms with Crippen molar-refractivity contribution < 1.29 is 58.2 Å². The average Bonchev–Trinajstić information content (AvgIpc) is 1.77. The summed E-state index contributed by atoms with van der Waals surface area (Å²) in [6.45, 7) is 2.29. The molecule has 48 valence electrons. The van der Waals surface area contributed by atoms with Gasteiger partial charge in [0.15, 0.2) is 0 Å². The van der Waals surface area contributed by atoms with Gasteiger partial charge in [-0.1, -0.05) is 0 Å². The Hall–Kier alpha value is 1.73. The number of hydrogen-bond donors (Lipinski definition) is 1. The molecule has 0 radical (unpaired) electrons. The van der Waals surface area contributed by atoms with Gasteiger partial charge in [0.2, 0.25) is 0 Å². The Kier molecular flexibility index (Phi) is 6.42. The Labute approximate surface area is 106 Å². The summed E-state index contributed by atoms with van der Waals surface area (Å²) >= 11 is 0. The first-order chi connectivity index (χ1) is 3.79. The maximum atomic E-state index is 5.59. The molecule has 3 heteroatoms. The largest absolute Gasteiger partial charge is 1.00 e. The van der Waals surface area contributed by atoms with E-state index in [4.69, 9.17) is 5.73 Å². The van der Waals surface area contributed by atoms with Crippen LogP contribution in [0.4, 0.5) is 0 Å². The minimum Gasteiger partial charge on any atom is -0.480 e. The van der Waals surface area contributed by atoms with Crippen LogP contribution in [0.5, 0.6) is 0 Å².